The molecule has 3 heterocycles. The maximum Gasteiger partial charge on any atom is 0.332 e. The lowest BCUT2D eigenvalue weighted by molar-refractivity contribution is 0.565. The highest BCUT2D eigenvalue weighted by Gasteiger charge is 2.25. The monoisotopic (exact) mass is 342 g/mol. The van der Waals surface area contributed by atoms with Crippen molar-refractivity contribution in [2.75, 3.05) is 11.4 Å². The van der Waals surface area contributed by atoms with Gasteiger partial charge in [0.15, 0.2) is 5.56 Å². The van der Waals surface area contributed by atoms with E-state index in [1.807, 2.05) is 13.0 Å². The third kappa shape index (κ3) is 2.55. The van der Waals surface area contributed by atoms with Crippen molar-refractivity contribution in [2.24, 2.45) is 14.1 Å². The first-order valence-corrected chi connectivity index (χ1v) is 7.94. The van der Waals surface area contributed by atoms with Crippen molar-refractivity contribution >= 4 is 5.82 Å². The summed E-state index contributed by atoms with van der Waals surface area (Å²) in [5, 5.41) is 13.8. The molecule has 0 spiro atoms. The van der Waals surface area contributed by atoms with Gasteiger partial charge in [-0.15, -0.1) is 0 Å². The summed E-state index contributed by atoms with van der Waals surface area (Å²) in [4.78, 5) is 38.3. The first-order chi connectivity index (χ1) is 11.9. The Morgan fingerprint density at radius 2 is 1.96 bits per heavy atom. The van der Waals surface area contributed by atoms with Crippen LogP contribution in [0, 0.1) is 11.3 Å². The zero-order chi connectivity index (χ0) is 18.3. The van der Waals surface area contributed by atoms with E-state index in [2.05, 4.69) is 5.10 Å². The fraction of sp³-hybridized carbons (Fsp3) is 0.438. The van der Waals surface area contributed by atoms with E-state index in [0.717, 1.165) is 15.8 Å². The number of aromatic nitrogens is 4. The largest absolute Gasteiger partial charge is 0.352 e. The molecule has 0 saturated carbocycles. The van der Waals surface area contributed by atoms with Gasteiger partial charge in [0, 0.05) is 51.8 Å². The second kappa shape index (κ2) is 6.05. The van der Waals surface area contributed by atoms with Gasteiger partial charge in [-0.3, -0.25) is 18.7 Å². The van der Waals surface area contributed by atoms with Crippen molar-refractivity contribution in [1.82, 2.24) is 18.9 Å². The normalized spacial score (nSPS) is 13.4. The van der Waals surface area contributed by atoms with Gasteiger partial charge < -0.3 is 4.90 Å². The molecule has 0 aromatic carbocycles. The minimum absolute atomic E-state index is 0.0806. The minimum atomic E-state index is -0.620. The van der Waals surface area contributed by atoms with Gasteiger partial charge in [0.1, 0.15) is 11.9 Å². The topological polar surface area (TPSA) is 106 Å². The van der Waals surface area contributed by atoms with Crippen LogP contribution in [0.4, 0.5) is 5.82 Å². The molecular formula is C16H18N6O3. The van der Waals surface area contributed by atoms with Gasteiger partial charge in [-0.1, -0.05) is 0 Å². The summed E-state index contributed by atoms with van der Waals surface area (Å²) in [5.41, 5.74) is 0.183. The molecule has 2 aromatic heterocycles. The fourth-order valence-electron chi connectivity index (χ4n) is 3.15. The second-order valence-electron chi connectivity index (χ2n) is 5.96. The average molecular weight is 342 g/mol. The average Bonchev–Trinajstić information content (AvgIpc) is 2.61. The van der Waals surface area contributed by atoms with Crippen molar-refractivity contribution < 1.29 is 0 Å². The molecule has 0 aliphatic carbocycles. The molecule has 1 aliphatic rings. The predicted octanol–water partition coefficient (Wildman–Crippen LogP) is -0.905. The Kier molecular flexibility index (Phi) is 4.04. The Morgan fingerprint density at radius 1 is 1.24 bits per heavy atom. The molecule has 9 heteroatoms. The molecule has 0 unspecified atom stereocenters. The molecule has 25 heavy (non-hydrogen) atoms. The molecular weight excluding hydrogens is 324 g/mol. The molecule has 130 valence electrons. The smallest absolute Gasteiger partial charge is 0.332 e. The number of nitrogens with zero attached hydrogens (tertiary/aromatic N) is 6. The minimum Gasteiger partial charge on any atom is -0.352 e. The Labute approximate surface area is 143 Å². The molecule has 0 atom stereocenters. The lowest BCUT2D eigenvalue weighted by Crippen LogP contribution is -2.44. The highest BCUT2D eigenvalue weighted by Crippen LogP contribution is 2.23. The third-order valence-electron chi connectivity index (χ3n) is 4.49. The van der Waals surface area contributed by atoms with Crippen LogP contribution in [0.3, 0.4) is 0 Å². The van der Waals surface area contributed by atoms with E-state index in [4.69, 9.17) is 0 Å². The van der Waals surface area contributed by atoms with Crippen LogP contribution >= 0.6 is 0 Å². The van der Waals surface area contributed by atoms with Crippen molar-refractivity contribution in [1.29, 1.82) is 5.26 Å². The van der Waals surface area contributed by atoms with E-state index in [0.29, 0.717) is 26.1 Å². The van der Waals surface area contributed by atoms with Gasteiger partial charge in [0.05, 0.1) is 5.69 Å². The summed E-state index contributed by atoms with van der Waals surface area (Å²) >= 11 is 0. The molecule has 0 radical (unpaired) electrons. The number of nitriles is 1. The molecule has 0 amide bonds. The zero-order valence-corrected chi connectivity index (χ0v) is 14.3. The summed E-state index contributed by atoms with van der Waals surface area (Å²) in [6.45, 7) is 3.16. The standard InChI is InChI=1S/C16H18N6O3/c1-4-22-13(23)7-10-9-21(6-5-12(10)18-22)14-11(8-17)15(24)20(3)16(25)19(14)2/h7H,4-6,9H2,1-3H3. The van der Waals surface area contributed by atoms with E-state index in [-0.39, 0.29) is 16.9 Å². The van der Waals surface area contributed by atoms with Crippen LogP contribution in [0.5, 0.6) is 0 Å². The number of rotatable bonds is 2. The van der Waals surface area contributed by atoms with Gasteiger partial charge in [-0.25, -0.2) is 9.48 Å². The fourth-order valence-corrected chi connectivity index (χ4v) is 3.15. The van der Waals surface area contributed by atoms with Gasteiger partial charge in [-0.2, -0.15) is 10.4 Å². The first-order valence-electron chi connectivity index (χ1n) is 7.94. The highest BCUT2D eigenvalue weighted by atomic mass is 16.2. The number of hydrogen-bond donors (Lipinski definition) is 0. The summed E-state index contributed by atoms with van der Waals surface area (Å²) in [5.74, 6) is 0.279. The molecule has 0 bridgehead atoms. The molecule has 1 aliphatic heterocycles. The van der Waals surface area contributed by atoms with Crippen LogP contribution in [-0.4, -0.2) is 25.5 Å². The van der Waals surface area contributed by atoms with Crippen LogP contribution in [0.1, 0.15) is 23.7 Å². The Hall–Kier alpha value is -3.15. The van der Waals surface area contributed by atoms with Gasteiger partial charge in [0.25, 0.3) is 11.1 Å². The summed E-state index contributed by atoms with van der Waals surface area (Å²) < 4.78 is 3.62. The van der Waals surface area contributed by atoms with Crippen molar-refractivity contribution in [3.63, 3.8) is 0 Å². The second-order valence-corrected chi connectivity index (χ2v) is 5.96. The number of anilines is 1. The molecule has 9 nitrogen and oxygen atoms in total. The lowest BCUT2D eigenvalue weighted by Gasteiger charge is -2.31. The lowest BCUT2D eigenvalue weighted by atomic mass is 10.1. The van der Waals surface area contributed by atoms with E-state index in [1.165, 1.54) is 29.4 Å². The number of aryl methyl sites for hydroxylation is 1. The van der Waals surface area contributed by atoms with E-state index >= 15 is 0 Å². The predicted molar refractivity (Wildman–Crippen MR) is 90.6 cm³/mol. The number of fused-ring (bicyclic) bond motifs is 1. The summed E-state index contributed by atoms with van der Waals surface area (Å²) in [6.07, 6.45) is 0.559. The Bertz CT molecular complexity index is 1070. The molecule has 0 N–H and O–H groups in total. The molecule has 3 rings (SSSR count). The summed E-state index contributed by atoms with van der Waals surface area (Å²) in [7, 11) is 2.87. The number of hydrogen-bond acceptors (Lipinski definition) is 6. The molecule has 0 fully saturated rings. The van der Waals surface area contributed by atoms with Crippen LogP contribution < -0.4 is 21.7 Å². The van der Waals surface area contributed by atoms with Crippen LogP contribution in [0.2, 0.25) is 0 Å². The SMILES string of the molecule is CCn1nc2c(cc1=O)CN(c1c(C#N)c(=O)n(C)c(=O)n1C)CC2. The Balaban J connectivity index is 2.14. The van der Waals surface area contributed by atoms with E-state index in [9.17, 15) is 19.6 Å². The Morgan fingerprint density at radius 3 is 2.60 bits per heavy atom. The first kappa shape index (κ1) is 16.7. The highest BCUT2D eigenvalue weighted by molar-refractivity contribution is 5.54. The van der Waals surface area contributed by atoms with Gasteiger partial charge in [0.2, 0.25) is 0 Å². The van der Waals surface area contributed by atoms with Crippen molar-refractivity contribution in [3.05, 3.63) is 54.1 Å². The van der Waals surface area contributed by atoms with Crippen molar-refractivity contribution in [3.8, 4) is 6.07 Å². The van der Waals surface area contributed by atoms with E-state index in [1.54, 1.807) is 4.90 Å². The quantitative estimate of drug-likeness (QED) is 0.700. The zero-order valence-electron chi connectivity index (χ0n) is 14.3. The van der Waals surface area contributed by atoms with Crippen LogP contribution in [0.15, 0.2) is 20.4 Å². The van der Waals surface area contributed by atoms with E-state index < -0.39 is 11.2 Å². The van der Waals surface area contributed by atoms with Crippen LogP contribution in [0.25, 0.3) is 0 Å². The molecule has 0 saturated heterocycles. The van der Waals surface area contributed by atoms with Gasteiger partial charge >= 0.3 is 5.69 Å². The maximum absolute atomic E-state index is 12.3. The van der Waals surface area contributed by atoms with Crippen LogP contribution in [-0.2, 0) is 33.6 Å². The third-order valence-corrected chi connectivity index (χ3v) is 4.49. The summed E-state index contributed by atoms with van der Waals surface area (Å²) in [6, 6.07) is 3.44. The maximum atomic E-state index is 12.3. The van der Waals surface area contributed by atoms with Crippen molar-refractivity contribution in [2.45, 2.75) is 26.4 Å². The molecule has 2 aromatic rings. The van der Waals surface area contributed by atoms with Gasteiger partial charge in [-0.05, 0) is 6.92 Å².